The molecule has 0 aliphatic heterocycles. The van der Waals surface area contributed by atoms with Crippen molar-refractivity contribution in [3.63, 3.8) is 0 Å². The average molecular weight is 527 g/mol. The van der Waals surface area contributed by atoms with E-state index in [1.54, 1.807) is 32.9 Å². The molecule has 36 heavy (non-hydrogen) atoms. The number of azo groups is 1. The number of thiophene rings is 1. The fraction of sp³-hybridized carbons (Fsp3) is 0.391. The summed E-state index contributed by atoms with van der Waals surface area (Å²) in [6.07, 6.45) is 0.683. The van der Waals surface area contributed by atoms with Gasteiger partial charge in [-0.1, -0.05) is 6.58 Å². The lowest BCUT2D eigenvalue weighted by Gasteiger charge is -2.22. The maximum Gasteiger partial charge on any atom is 0.172 e. The van der Waals surface area contributed by atoms with Gasteiger partial charge in [-0.3, -0.25) is 0 Å². The van der Waals surface area contributed by atoms with Crippen LogP contribution in [0.25, 0.3) is 0 Å². The third-order valence-electron chi connectivity index (χ3n) is 5.24. The van der Waals surface area contributed by atoms with Crippen LogP contribution in [-0.2, 0) is 14.6 Å². The molecule has 0 spiro atoms. The van der Waals surface area contributed by atoms with Gasteiger partial charge in [0.1, 0.15) is 34.6 Å². The highest BCUT2D eigenvalue weighted by Gasteiger charge is 2.22. The van der Waals surface area contributed by atoms with Crippen LogP contribution in [0.4, 0.5) is 22.3 Å². The number of sulfone groups is 1. The van der Waals surface area contributed by atoms with Gasteiger partial charge in [0, 0.05) is 44.8 Å². The summed E-state index contributed by atoms with van der Waals surface area (Å²) in [5.41, 5.74) is 1.76. The number of nitrogens with one attached hydrogen (secondary N) is 1. The monoisotopic (exact) mass is 526 g/mol. The quantitative estimate of drug-likeness (QED) is 0.314. The van der Waals surface area contributed by atoms with Gasteiger partial charge >= 0.3 is 0 Å². The van der Waals surface area contributed by atoms with E-state index < -0.39 is 9.84 Å². The topological polar surface area (TPSA) is 168 Å². The number of aromatic nitrogens is 1. The van der Waals surface area contributed by atoms with Gasteiger partial charge in [0.25, 0.3) is 0 Å². The van der Waals surface area contributed by atoms with Crippen molar-refractivity contribution in [2.45, 2.75) is 20.3 Å². The zero-order valence-corrected chi connectivity index (χ0v) is 22.1. The second-order valence-electron chi connectivity index (χ2n) is 7.63. The molecule has 0 amide bonds. The molecule has 0 aliphatic rings. The first-order valence-electron chi connectivity index (χ1n) is 10.7. The third kappa shape index (κ3) is 6.64. The van der Waals surface area contributed by atoms with E-state index in [2.05, 4.69) is 33.2 Å². The first kappa shape index (κ1) is 28.4. The van der Waals surface area contributed by atoms with Crippen molar-refractivity contribution in [1.29, 1.82) is 15.8 Å². The Morgan fingerprint density at radius 3 is 2.44 bits per heavy atom. The van der Waals surface area contributed by atoms with E-state index in [-0.39, 0.29) is 34.1 Å². The van der Waals surface area contributed by atoms with Gasteiger partial charge in [0.2, 0.25) is 0 Å². The van der Waals surface area contributed by atoms with Crippen LogP contribution >= 0.6 is 11.3 Å². The molecule has 0 saturated carbocycles. The van der Waals surface area contributed by atoms with Gasteiger partial charge in [-0.05, 0) is 25.8 Å². The predicted molar refractivity (Wildman–Crippen MR) is 139 cm³/mol. The van der Waals surface area contributed by atoms with Crippen molar-refractivity contribution in [2.75, 3.05) is 49.8 Å². The van der Waals surface area contributed by atoms with Gasteiger partial charge in [0.05, 0.1) is 16.9 Å². The second-order valence-corrected chi connectivity index (χ2v) is 10.7. The van der Waals surface area contributed by atoms with Gasteiger partial charge in [-0.2, -0.15) is 15.8 Å². The Hall–Kier alpha value is -3.83. The maximum atomic E-state index is 12.0. The van der Waals surface area contributed by atoms with Gasteiger partial charge in [-0.15, -0.1) is 21.6 Å². The number of rotatable bonds is 12. The molecule has 188 valence electrons. The second kappa shape index (κ2) is 12.8. The van der Waals surface area contributed by atoms with Crippen LogP contribution in [0.15, 0.2) is 22.2 Å². The number of pyridine rings is 1. The molecule has 0 saturated heterocycles. The van der Waals surface area contributed by atoms with Crippen LogP contribution in [0.2, 0.25) is 0 Å². The molecule has 0 atom stereocenters. The van der Waals surface area contributed by atoms with Crippen molar-refractivity contribution in [1.82, 2.24) is 4.98 Å². The van der Waals surface area contributed by atoms with E-state index in [1.807, 2.05) is 12.1 Å². The molecule has 2 aromatic rings. The van der Waals surface area contributed by atoms with E-state index in [1.165, 1.54) is 0 Å². The van der Waals surface area contributed by atoms with Crippen LogP contribution in [0.3, 0.4) is 0 Å². The largest absolute Gasteiger partial charge is 0.385 e. The minimum atomic E-state index is -3.46. The molecule has 2 rings (SSSR count). The maximum absolute atomic E-state index is 12.0. The summed E-state index contributed by atoms with van der Waals surface area (Å²) in [5.74, 6) is 0.431. The van der Waals surface area contributed by atoms with Gasteiger partial charge in [0.15, 0.2) is 20.7 Å². The molecule has 0 bridgehead atoms. The fourth-order valence-electron chi connectivity index (χ4n) is 3.11. The van der Waals surface area contributed by atoms with Crippen LogP contribution in [0.5, 0.6) is 0 Å². The van der Waals surface area contributed by atoms with Crippen LogP contribution in [0.1, 0.15) is 33.6 Å². The van der Waals surface area contributed by atoms with Gasteiger partial charge in [-0.25, -0.2) is 13.4 Å². The average Bonchev–Trinajstić information content (AvgIpc) is 3.18. The Labute approximate surface area is 214 Å². The standard InChI is InChI=1S/C23H26N8O3S2/c1-6-36(32,33)11-9-31(4)22-20(29-30-23-18(13-25)15(2)19(14-26)35-23)16(3)17(12-24)21(28-22)27-8-7-10-34-5/h6H,1,7-11H2,2-5H3,(H,27,28). The molecule has 1 N–H and O–H groups in total. The zero-order chi connectivity index (χ0) is 26.9. The van der Waals surface area contributed by atoms with Crippen molar-refractivity contribution in [3.05, 3.63) is 39.1 Å². The van der Waals surface area contributed by atoms with E-state index in [4.69, 9.17) is 4.74 Å². The van der Waals surface area contributed by atoms with Crippen molar-refractivity contribution >= 4 is 43.5 Å². The summed E-state index contributed by atoms with van der Waals surface area (Å²) < 4.78 is 29.0. The molecule has 13 heteroatoms. The molecular weight excluding hydrogens is 500 g/mol. The molecule has 2 heterocycles. The molecule has 0 unspecified atom stereocenters. The highest BCUT2D eigenvalue weighted by molar-refractivity contribution is 7.94. The molecule has 0 aromatic carbocycles. The molecule has 0 radical (unpaired) electrons. The number of anilines is 2. The molecule has 0 fully saturated rings. The summed E-state index contributed by atoms with van der Waals surface area (Å²) in [7, 11) is -0.211. The lowest BCUT2D eigenvalue weighted by Crippen LogP contribution is -2.26. The number of ether oxygens (including phenoxy) is 1. The predicted octanol–water partition coefficient (Wildman–Crippen LogP) is 4.23. The van der Waals surface area contributed by atoms with Crippen LogP contribution in [0, 0.1) is 47.8 Å². The Balaban J connectivity index is 2.62. The normalized spacial score (nSPS) is 11.0. The minimum absolute atomic E-state index is 0.0818. The SMILES string of the molecule is C=CS(=O)(=O)CCN(C)c1nc(NCCCOC)c(C#N)c(C)c1N=Nc1sc(C#N)c(C)c1C#N. The molecule has 11 nitrogen and oxygen atoms in total. The first-order valence-corrected chi connectivity index (χ1v) is 13.3. The Morgan fingerprint density at radius 1 is 1.17 bits per heavy atom. The number of hydrogen-bond acceptors (Lipinski definition) is 12. The Morgan fingerprint density at radius 2 is 1.86 bits per heavy atom. The number of methoxy groups -OCH3 is 1. The lowest BCUT2D eigenvalue weighted by atomic mass is 10.1. The highest BCUT2D eigenvalue weighted by atomic mass is 32.2. The molecule has 2 aromatic heterocycles. The molecular formula is C23H26N8O3S2. The number of nitriles is 3. The van der Waals surface area contributed by atoms with Crippen LogP contribution < -0.4 is 10.2 Å². The molecule has 0 aliphatic carbocycles. The Kier molecular flexibility index (Phi) is 10.1. The summed E-state index contributed by atoms with van der Waals surface area (Å²) in [4.78, 5) is 6.55. The van der Waals surface area contributed by atoms with E-state index in [9.17, 15) is 24.2 Å². The first-order chi connectivity index (χ1) is 17.1. The zero-order valence-electron chi connectivity index (χ0n) is 20.5. The van der Waals surface area contributed by atoms with Crippen LogP contribution in [-0.4, -0.2) is 53.0 Å². The summed E-state index contributed by atoms with van der Waals surface area (Å²) in [6.45, 7) is 7.80. The number of hydrogen-bond donors (Lipinski definition) is 1. The fourth-order valence-corrected chi connectivity index (χ4v) is 4.68. The van der Waals surface area contributed by atoms with E-state index in [0.29, 0.717) is 47.2 Å². The third-order valence-corrected chi connectivity index (χ3v) is 7.58. The smallest absolute Gasteiger partial charge is 0.172 e. The summed E-state index contributed by atoms with van der Waals surface area (Å²) in [5, 5.41) is 41.5. The lowest BCUT2D eigenvalue weighted by molar-refractivity contribution is 0.198. The summed E-state index contributed by atoms with van der Waals surface area (Å²) in [6, 6.07) is 6.23. The Bertz CT molecular complexity index is 1390. The van der Waals surface area contributed by atoms with Gasteiger partial charge < -0.3 is 15.0 Å². The minimum Gasteiger partial charge on any atom is -0.385 e. The summed E-state index contributed by atoms with van der Waals surface area (Å²) >= 11 is 1.04. The number of nitrogens with zero attached hydrogens (tertiary/aromatic N) is 7. The highest BCUT2D eigenvalue weighted by Crippen LogP contribution is 2.39. The van der Waals surface area contributed by atoms with Crippen molar-refractivity contribution in [2.24, 2.45) is 10.2 Å². The van der Waals surface area contributed by atoms with Crippen molar-refractivity contribution < 1.29 is 13.2 Å². The van der Waals surface area contributed by atoms with E-state index in [0.717, 1.165) is 16.7 Å². The van der Waals surface area contributed by atoms with Crippen molar-refractivity contribution in [3.8, 4) is 18.2 Å². The van der Waals surface area contributed by atoms with E-state index >= 15 is 0 Å².